The molecule has 0 unspecified atom stereocenters. The van der Waals surface area contributed by atoms with Crippen molar-refractivity contribution in [3.05, 3.63) is 65.7 Å². The summed E-state index contributed by atoms with van der Waals surface area (Å²) in [6.45, 7) is 1.20. The highest BCUT2D eigenvalue weighted by atomic mass is 19.1. The monoisotopic (exact) mass is 288 g/mol. The molecule has 0 fully saturated rings. The Hall–Kier alpha value is -2.27. The van der Waals surface area contributed by atoms with Gasteiger partial charge in [0.15, 0.2) is 5.82 Å². The van der Waals surface area contributed by atoms with Gasteiger partial charge in [0.25, 0.3) is 5.91 Å². The second-order valence-electron chi connectivity index (χ2n) is 4.56. The van der Waals surface area contributed by atoms with E-state index in [9.17, 15) is 9.18 Å². The molecule has 5 heteroatoms. The molecule has 110 valence electrons. The van der Waals surface area contributed by atoms with E-state index in [0.29, 0.717) is 19.7 Å². The van der Waals surface area contributed by atoms with Crippen LogP contribution in [0.4, 0.5) is 4.39 Å². The Balaban J connectivity index is 2.19. The SMILES string of the molecule is COCCN(Cc1ccccc1)C(=O)c1ccncc1F. The summed E-state index contributed by atoms with van der Waals surface area (Å²) in [6, 6.07) is 11.0. The zero-order chi connectivity index (χ0) is 15.1. The van der Waals surface area contributed by atoms with Crippen LogP contribution in [0, 0.1) is 5.82 Å². The van der Waals surface area contributed by atoms with Gasteiger partial charge in [-0.3, -0.25) is 9.78 Å². The Morgan fingerprint density at radius 2 is 2.05 bits per heavy atom. The summed E-state index contributed by atoms with van der Waals surface area (Å²) in [4.78, 5) is 17.7. The molecule has 0 aliphatic rings. The Morgan fingerprint density at radius 1 is 1.29 bits per heavy atom. The second kappa shape index (κ2) is 7.50. The van der Waals surface area contributed by atoms with Gasteiger partial charge in [0.1, 0.15) is 0 Å². The van der Waals surface area contributed by atoms with E-state index in [0.717, 1.165) is 11.8 Å². The van der Waals surface area contributed by atoms with Gasteiger partial charge < -0.3 is 9.64 Å². The van der Waals surface area contributed by atoms with Crippen LogP contribution in [0.1, 0.15) is 15.9 Å². The van der Waals surface area contributed by atoms with Crippen molar-refractivity contribution >= 4 is 5.91 Å². The average Bonchev–Trinajstić information content (AvgIpc) is 2.52. The number of methoxy groups -OCH3 is 1. The summed E-state index contributed by atoms with van der Waals surface area (Å²) in [5.41, 5.74) is 1.01. The van der Waals surface area contributed by atoms with Crippen molar-refractivity contribution in [3.8, 4) is 0 Å². The number of hydrogen-bond acceptors (Lipinski definition) is 3. The minimum absolute atomic E-state index is 0.0250. The summed E-state index contributed by atoms with van der Waals surface area (Å²) < 4.78 is 18.7. The summed E-state index contributed by atoms with van der Waals surface area (Å²) in [5, 5.41) is 0. The summed E-state index contributed by atoms with van der Waals surface area (Å²) >= 11 is 0. The largest absolute Gasteiger partial charge is 0.383 e. The second-order valence-corrected chi connectivity index (χ2v) is 4.56. The maximum absolute atomic E-state index is 13.7. The molecule has 0 saturated carbocycles. The molecule has 1 heterocycles. The smallest absolute Gasteiger partial charge is 0.257 e. The lowest BCUT2D eigenvalue weighted by molar-refractivity contribution is 0.0675. The van der Waals surface area contributed by atoms with Gasteiger partial charge in [0.2, 0.25) is 0 Å². The Kier molecular flexibility index (Phi) is 5.40. The lowest BCUT2D eigenvalue weighted by atomic mass is 10.1. The molecule has 1 amide bonds. The van der Waals surface area contributed by atoms with Crippen LogP contribution >= 0.6 is 0 Å². The fourth-order valence-electron chi connectivity index (χ4n) is 1.98. The third kappa shape index (κ3) is 4.10. The highest BCUT2D eigenvalue weighted by molar-refractivity contribution is 5.94. The van der Waals surface area contributed by atoms with Crippen LogP contribution in [-0.2, 0) is 11.3 Å². The van der Waals surface area contributed by atoms with E-state index in [4.69, 9.17) is 4.74 Å². The zero-order valence-corrected chi connectivity index (χ0v) is 11.8. The van der Waals surface area contributed by atoms with E-state index < -0.39 is 5.82 Å². The molecule has 21 heavy (non-hydrogen) atoms. The standard InChI is InChI=1S/C16H17FN2O2/c1-21-10-9-19(12-13-5-3-2-4-6-13)16(20)14-7-8-18-11-15(14)17/h2-8,11H,9-10,12H2,1H3. The van der Waals surface area contributed by atoms with E-state index >= 15 is 0 Å². The number of amides is 1. The topological polar surface area (TPSA) is 42.4 Å². The van der Waals surface area contributed by atoms with Gasteiger partial charge in [-0.25, -0.2) is 4.39 Å². The number of nitrogens with zero attached hydrogens (tertiary/aromatic N) is 2. The first kappa shape index (κ1) is 15.1. The van der Waals surface area contributed by atoms with Crippen LogP contribution in [0.5, 0.6) is 0 Å². The van der Waals surface area contributed by atoms with Crippen molar-refractivity contribution in [2.75, 3.05) is 20.3 Å². The Labute approximate surface area is 123 Å². The van der Waals surface area contributed by atoms with Crippen LogP contribution in [0.3, 0.4) is 0 Å². The van der Waals surface area contributed by atoms with E-state index in [1.54, 1.807) is 12.0 Å². The number of ether oxygens (including phenoxy) is 1. The lowest BCUT2D eigenvalue weighted by Crippen LogP contribution is -2.34. The molecule has 1 aromatic heterocycles. The Bertz CT molecular complexity index is 590. The number of carbonyl (C=O) groups excluding carboxylic acids is 1. The number of carbonyl (C=O) groups is 1. The van der Waals surface area contributed by atoms with E-state index in [1.165, 1.54) is 12.3 Å². The van der Waals surface area contributed by atoms with Crippen molar-refractivity contribution < 1.29 is 13.9 Å². The van der Waals surface area contributed by atoms with E-state index in [1.807, 2.05) is 30.3 Å². The molecule has 0 atom stereocenters. The number of pyridine rings is 1. The number of benzene rings is 1. The molecule has 0 radical (unpaired) electrons. The Morgan fingerprint density at radius 3 is 2.71 bits per heavy atom. The first-order chi connectivity index (χ1) is 10.2. The lowest BCUT2D eigenvalue weighted by Gasteiger charge is -2.22. The molecule has 0 N–H and O–H groups in total. The molecular formula is C16H17FN2O2. The highest BCUT2D eigenvalue weighted by Gasteiger charge is 2.19. The zero-order valence-electron chi connectivity index (χ0n) is 11.8. The first-order valence-corrected chi connectivity index (χ1v) is 6.64. The van der Waals surface area contributed by atoms with Gasteiger partial charge in [-0.15, -0.1) is 0 Å². The summed E-state index contributed by atoms with van der Waals surface area (Å²) in [5.74, 6) is -0.978. The summed E-state index contributed by atoms with van der Waals surface area (Å²) in [7, 11) is 1.57. The van der Waals surface area contributed by atoms with Gasteiger partial charge in [0.05, 0.1) is 18.4 Å². The molecule has 0 aliphatic heterocycles. The molecule has 0 aliphatic carbocycles. The minimum Gasteiger partial charge on any atom is -0.383 e. The molecule has 2 rings (SSSR count). The van der Waals surface area contributed by atoms with Crippen molar-refractivity contribution in [1.82, 2.24) is 9.88 Å². The minimum atomic E-state index is -0.613. The van der Waals surface area contributed by atoms with Gasteiger partial charge >= 0.3 is 0 Å². The van der Waals surface area contributed by atoms with Crippen molar-refractivity contribution in [2.24, 2.45) is 0 Å². The third-order valence-electron chi connectivity index (χ3n) is 3.07. The van der Waals surface area contributed by atoms with Crippen LogP contribution in [0.25, 0.3) is 0 Å². The molecular weight excluding hydrogens is 271 g/mol. The normalized spacial score (nSPS) is 10.4. The molecule has 4 nitrogen and oxygen atoms in total. The van der Waals surface area contributed by atoms with Crippen molar-refractivity contribution in [1.29, 1.82) is 0 Å². The van der Waals surface area contributed by atoms with Gasteiger partial charge in [-0.1, -0.05) is 30.3 Å². The number of rotatable bonds is 6. The maximum Gasteiger partial charge on any atom is 0.257 e. The van der Waals surface area contributed by atoms with Crippen molar-refractivity contribution in [3.63, 3.8) is 0 Å². The third-order valence-corrected chi connectivity index (χ3v) is 3.07. The molecule has 1 aromatic carbocycles. The number of hydrogen-bond donors (Lipinski definition) is 0. The molecule has 2 aromatic rings. The van der Waals surface area contributed by atoms with E-state index in [2.05, 4.69) is 4.98 Å². The number of aromatic nitrogens is 1. The van der Waals surface area contributed by atoms with Gasteiger partial charge in [-0.05, 0) is 11.6 Å². The molecule has 0 spiro atoms. The average molecular weight is 288 g/mol. The molecule has 0 bridgehead atoms. The van der Waals surface area contributed by atoms with Gasteiger partial charge in [0, 0.05) is 26.4 Å². The fraction of sp³-hybridized carbons (Fsp3) is 0.250. The first-order valence-electron chi connectivity index (χ1n) is 6.64. The van der Waals surface area contributed by atoms with Gasteiger partial charge in [-0.2, -0.15) is 0 Å². The van der Waals surface area contributed by atoms with E-state index in [-0.39, 0.29) is 11.5 Å². The highest BCUT2D eigenvalue weighted by Crippen LogP contribution is 2.12. The van der Waals surface area contributed by atoms with Crippen LogP contribution < -0.4 is 0 Å². The predicted molar refractivity (Wildman–Crippen MR) is 77.3 cm³/mol. The quantitative estimate of drug-likeness (QED) is 0.820. The van der Waals surface area contributed by atoms with Crippen LogP contribution in [-0.4, -0.2) is 36.1 Å². The maximum atomic E-state index is 13.7. The fourth-order valence-corrected chi connectivity index (χ4v) is 1.98. The molecule has 0 saturated heterocycles. The van der Waals surface area contributed by atoms with Crippen LogP contribution in [0.15, 0.2) is 48.8 Å². The van der Waals surface area contributed by atoms with Crippen LogP contribution in [0.2, 0.25) is 0 Å². The summed E-state index contributed by atoms with van der Waals surface area (Å²) in [6.07, 6.45) is 2.46. The number of halogens is 1. The van der Waals surface area contributed by atoms with Crippen molar-refractivity contribution in [2.45, 2.75) is 6.54 Å². The predicted octanol–water partition coefficient (Wildman–Crippen LogP) is 2.51.